The van der Waals surface area contributed by atoms with Gasteiger partial charge in [0.05, 0.1) is 12.0 Å². The molecule has 0 aliphatic heterocycles. The molecular weight excluding hydrogens is 320 g/mol. The molecular formula is C11H18N2O6S2. The van der Waals surface area contributed by atoms with Gasteiger partial charge in [-0.05, 0) is 11.8 Å². The third-order valence-corrected chi connectivity index (χ3v) is 3.24. The third kappa shape index (κ3) is 13.3. The Hall–Kier alpha value is -1.49. The Bertz CT molecular complexity index is 450. The maximum Gasteiger partial charge on any atom is 0.235 e. The average Bonchev–Trinajstić information content (AvgIpc) is 2.44. The van der Waals surface area contributed by atoms with Crippen LogP contribution in [0.4, 0.5) is 0 Å². The van der Waals surface area contributed by atoms with E-state index in [0.29, 0.717) is 19.5 Å². The minimum atomic E-state index is -3.51. The van der Waals surface area contributed by atoms with E-state index >= 15 is 0 Å². The highest BCUT2D eigenvalue weighted by atomic mass is 32.2. The molecule has 0 radical (unpaired) electrons. The van der Waals surface area contributed by atoms with Crippen LogP contribution in [0.25, 0.3) is 0 Å². The minimum Gasteiger partial charge on any atom is -0.413 e. The lowest BCUT2D eigenvalue weighted by Gasteiger charge is -2.05. The summed E-state index contributed by atoms with van der Waals surface area (Å²) >= 11 is 0.916. The summed E-state index contributed by atoms with van der Waals surface area (Å²) in [5.74, 6) is -1.16. The molecule has 0 aromatic rings. The predicted octanol–water partition coefficient (Wildman–Crippen LogP) is 0.783. The highest BCUT2D eigenvalue weighted by molar-refractivity contribution is 7.97. The molecule has 0 spiro atoms. The number of rotatable bonds is 13. The van der Waals surface area contributed by atoms with Crippen molar-refractivity contribution in [1.29, 1.82) is 0 Å². The Morgan fingerprint density at radius 2 is 2.00 bits per heavy atom. The van der Waals surface area contributed by atoms with Crippen molar-refractivity contribution >= 4 is 27.8 Å². The van der Waals surface area contributed by atoms with Crippen LogP contribution in [-0.2, 0) is 28.7 Å². The molecule has 0 rings (SSSR count). The van der Waals surface area contributed by atoms with Gasteiger partial charge in [-0.15, -0.1) is 4.33 Å². The van der Waals surface area contributed by atoms with Crippen LogP contribution in [0.1, 0.15) is 6.42 Å². The van der Waals surface area contributed by atoms with Crippen molar-refractivity contribution < 1.29 is 27.3 Å². The molecule has 0 saturated heterocycles. The fourth-order valence-corrected chi connectivity index (χ4v) is 1.64. The van der Waals surface area contributed by atoms with Crippen LogP contribution < -0.4 is 10.8 Å². The SMILES string of the molecule is C=CSOO/C=C/ONCCCNC(=O)CS(=O)(=O)C=C. The van der Waals surface area contributed by atoms with Gasteiger partial charge in [0.2, 0.25) is 5.91 Å². The highest BCUT2D eigenvalue weighted by Crippen LogP contribution is 2.02. The van der Waals surface area contributed by atoms with Gasteiger partial charge < -0.3 is 15.0 Å². The van der Waals surface area contributed by atoms with Crippen LogP contribution in [0, 0.1) is 0 Å². The van der Waals surface area contributed by atoms with Gasteiger partial charge in [-0.2, -0.15) is 5.48 Å². The van der Waals surface area contributed by atoms with Crippen molar-refractivity contribution in [2.24, 2.45) is 0 Å². The van der Waals surface area contributed by atoms with Crippen molar-refractivity contribution in [2.45, 2.75) is 6.42 Å². The van der Waals surface area contributed by atoms with Crippen molar-refractivity contribution in [1.82, 2.24) is 10.8 Å². The van der Waals surface area contributed by atoms with Gasteiger partial charge in [0, 0.05) is 18.5 Å². The molecule has 0 aliphatic rings. The lowest BCUT2D eigenvalue weighted by Crippen LogP contribution is -2.31. The molecule has 0 fully saturated rings. The molecule has 2 N–H and O–H groups in total. The summed E-state index contributed by atoms with van der Waals surface area (Å²) in [6.45, 7) is 7.28. The first-order chi connectivity index (χ1) is 10.0. The van der Waals surface area contributed by atoms with E-state index in [0.717, 1.165) is 17.5 Å². The molecule has 0 aliphatic carbocycles. The number of carbonyl (C=O) groups excluding carboxylic acids is 1. The summed E-state index contributed by atoms with van der Waals surface area (Å²) in [7, 11) is -3.51. The molecule has 10 heteroatoms. The molecule has 0 heterocycles. The molecule has 1 amide bonds. The monoisotopic (exact) mass is 338 g/mol. The fourth-order valence-electron chi connectivity index (χ4n) is 0.912. The molecule has 21 heavy (non-hydrogen) atoms. The number of hydrogen-bond donors (Lipinski definition) is 2. The van der Waals surface area contributed by atoms with Crippen LogP contribution in [0.2, 0.25) is 0 Å². The molecule has 0 unspecified atom stereocenters. The fraction of sp³-hybridized carbons (Fsp3) is 0.364. The summed E-state index contributed by atoms with van der Waals surface area (Å²) in [4.78, 5) is 20.6. The van der Waals surface area contributed by atoms with Crippen LogP contribution in [0.5, 0.6) is 0 Å². The average molecular weight is 338 g/mol. The van der Waals surface area contributed by atoms with Gasteiger partial charge in [-0.1, -0.05) is 13.2 Å². The normalized spacial score (nSPS) is 11.0. The van der Waals surface area contributed by atoms with Crippen LogP contribution >= 0.6 is 12.0 Å². The maximum atomic E-state index is 11.2. The topological polar surface area (TPSA) is 103 Å². The summed E-state index contributed by atoms with van der Waals surface area (Å²) in [6, 6.07) is 0. The summed E-state index contributed by atoms with van der Waals surface area (Å²) in [5.41, 5.74) is 2.57. The number of sulfone groups is 1. The Morgan fingerprint density at radius 3 is 2.67 bits per heavy atom. The van der Waals surface area contributed by atoms with E-state index in [-0.39, 0.29) is 0 Å². The van der Waals surface area contributed by atoms with Crippen molar-refractivity contribution in [3.8, 4) is 0 Å². The molecule has 0 bridgehead atoms. The summed E-state index contributed by atoms with van der Waals surface area (Å²) < 4.78 is 26.6. The largest absolute Gasteiger partial charge is 0.413 e. The molecule has 0 atom stereocenters. The van der Waals surface area contributed by atoms with Gasteiger partial charge in [-0.3, -0.25) is 4.79 Å². The number of hydroxylamine groups is 1. The quantitative estimate of drug-likeness (QED) is 0.167. The lowest BCUT2D eigenvalue weighted by molar-refractivity contribution is -0.131. The second-order valence-corrected chi connectivity index (χ2v) is 6.00. The molecule has 120 valence electrons. The summed E-state index contributed by atoms with van der Waals surface area (Å²) in [5, 5.41) is 4.67. The molecule has 0 aromatic carbocycles. The lowest BCUT2D eigenvalue weighted by atomic mass is 10.4. The zero-order chi connectivity index (χ0) is 16.0. The van der Waals surface area contributed by atoms with Gasteiger partial charge in [0.15, 0.2) is 16.1 Å². The van der Waals surface area contributed by atoms with E-state index < -0.39 is 21.5 Å². The Morgan fingerprint density at radius 1 is 1.24 bits per heavy atom. The van der Waals surface area contributed by atoms with E-state index in [2.05, 4.69) is 33.2 Å². The standard InChI is InChI=1S/C11H18N2O6S2/c1-3-20-19-18-9-8-17-13-7-5-6-12-11(14)10-21(15,16)4-2/h3-4,8-9,13H,1-2,5-7,10H2,(H,12,14)/b9-8+. The maximum absolute atomic E-state index is 11.2. The van der Waals surface area contributed by atoms with E-state index in [1.807, 2.05) is 0 Å². The van der Waals surface area contributed by atoms with Gasteiger partial charge >= 0.3 is 0 Å². The number of carbonyl (C=O) groups is 1. The second-order valence-electron chi connectivity index (χ2n) is 3.39. The highest BCUT2D eigenvalue weighted by Gasteiger charge is 2.11. The van der Waals surface area contributed by atoms with Crippen LogP contribution in [0.15, 0.2) is 36.5 Å². The first-order valence-electron chi connectivity index (χ1n) is 5.77. The van der Waals surface area contributed by atoms with Crippen LogP contribution in [-0.4, -0.2) is 33.2 Å². The number of nitrogens with one attached hydrogen (secondary N) is 2. The zero-order valence-electron chi connectivity index (χ0n) is 11.3. The second kappa shape index (κ2) is 12.3. The first-order valence-corrected chi connectivity index (χ1v) is 8.29. The smallest absolute Gasteiger partial charge is 0.235 e. The van der Waals surface area contributed by atoms with Crippen molar-refractivity contribution in [2.75, 3.05) is 18.8 Å². The van der Waals surface area contributed by atoms with Crippen molar-refractivity contribution in [3.05, 3.63) is 36.5 Å². The van der Waals surface area contributed by atoms with E-state index in [4.69, 9.17) is 4.84 Å². The summed E-state index contributed by atoms with van der Waals surface area (Å²) in [6.07, 6.45) is 2.95. The van der Waals surface area contributed by atoms with Gasteiger partial charge in [0.1, 0.15) is 12.0 Å². The van der Waals surface area contributed by atoms with Gasteiger partial charge in [0.25, 0.3) is 0 Å². The van der Waals surface area contributed by atoms with E-state index in [1.165, 1.54) is 17.9 Å². The van der Waals surface area contributed by atoms with E-state index in [9.17, 15) is 13.2 Å². The Balaban J connectivity index is 3.46. The molecule has 0 aromatic heterocycles. The Labute approximate surface area is 128 Å². The van der Waals surface area contributed by atoms with Crippen LogP contribution in [0.3, 0.4) is 0 Å². The van der Waals surface area contributed by atoms with Crippen molar-refractivity contribution in [3.63, 3.8) is 0 Å². The zero-order valence-corrected chi connectivity index (χ0v) is 13.0. The molecule has 0 saturated carbocycles. The Kier molecular flexibility index (Phi) is 11.4. The first kappa shape index (κ1) is 19.5. The number of hydrogen-bond acceptors (Lipinski definition) is 8. The minimum absolute atomic E-state index is 0.321. The third-order valence-electron chi connectivity index (χ3n) is 1.77. The predicted molar refractivity (Wildman–Crippen MR) is 79.8 cm³/mol. The molecule has 8 nitrogen and oxygen atoms in total. The van der Waals surface area contributed by atoms with Gasteiger partial charge in [-0.25, -0.2) is 8.42 Å². The van der Waals surface area contributed by atoms with E-state index in [1.54, 1.807) is 0 Å². The number of amides is 1.